The number of rotatable bonds is 4. The van der Waals surface area contributed by atoms with E-state index in [1.54, 1.807) is 6.08 Å². The lowest BCUT2D eigenvalue weighted by Crippen LogP contribution is -2.25. The van der Waals surface area contributed by atoms with E-state index in [0.717, 1.165) is 6.42 Å². The van der Waals surface area contributed by atoms with Crippen LogP contribution >= 0.6 is 0 Å². The molecule has 0 fully saturated rings. The number of hydrogen-bond acceptors (Lipinski definition) is 3. The molecule has 0 saturated carbocycles. The fraction of sp³-hybridized carbons (Fsp3) is 0.222. The van der Waals surface area contributed by atoms with Crippen molar-refractivity contribution in [2.24, 2.45) is 0 Å². The highest BCUT2D eigenvalue weighted by molar-refractivity contribution is 5.91. The van der Waals surface area contributed by atoms with E-state index in [0.29, 0.717) is 12.2 Å². The zero-order valence-electron chi connectivity index (χ0n) is 7.23. The average Bonchev–Trinajstić information content (AvgIpc) is 2.19. The van der Waals surface area contributed by atoms with Crippen molar-refractivity contribution in [3.63, 3.8) is 0 Å². The first-order chi connectivity index (χ1) is 6.34. The van der Waals surface area contributed by atoms with Crippen LogP contribution in [0.15, 0.2) is 31.2 Å². The molecule has 1 rings (SSSR count). The van der Waals surface area contributed by atoms with Gasteiger partial charge in [-0.3, -0.25) is 9.78 Å². The van der Waals surface area contributed by atoms with E-state index in [4.69, 9.17) is 0 Å². The molecule has 0 aliphatic carbocycles. The normalized spacial score (nSPS) is 9.23. The smallest absolute Gasteiger partial charge is 0.271 e. The Morgan fingerprint density at radius 2 is 2.46 bits per heavy atom. The number of aromatic nitrogens is 2. The molecule has 13 heavy (non-hydrogen) atoms. The van der Waals surface area contributed by atoms with Crippen LogP contribution in [-0.4, -0.2) is 22.4 Å². The zero-order chi connectivity index (χ0) is 9.52. The summed E-state index contributed by atoms with van der Waals surface area (Å²) >= 11 is 0. The molecule has 0 aromatic carbocycles. The summed E-state index contributed by atoms with van der Waals surface area (Å²) < 4.78 is 0. The molecular weight excluding hydrogens is 166 g/mol. The molecule has 1 aromatic rings. The first-order valence-electron chi connectivity index (χ1n) is 3.99. The van der Waals surface area contributed by atoms with Crippen molar-refractivity contribution in [1.29, 1.82) is 0 Å². The van der Waals surface area contributed by atoms with Crippen LogP contribution in [0.25, 0.3) is 0 Å². The number of hydrogen-bond donors (Lipinski definition) is 1. The van der Waals surface area contributed by atoms with Gasteiger partial charge in [0.2, 0.25) is 0 Å². The van der Waals surface area contributed by atoms with E-state index in [2.05, 4.69) is 21.9 Å². The van der Waals surface area contributed by atoms with E-state index in [-0.39, 0.29) is 5.91 Å². The van der Waals surface area contributed by atoms with Gasteiger partial charge in [0, 0.05) is 18.9 Å². The monoisotopic (exact) mass is 177 g/mol. The first-order valence-corrected chi connectivity index (χ1v) is 3.99. The largest absolute Gasteiger partial charge is 0.350 e. The first kappa shape index (κ1) is 9.38. The van der Waals surface area contributed by atoms with Gasteiger partial charge in [0.05, 0.1) is 6.20 Å². The van der Waals surface area contributed by atoms with Crippen LogP contribution in [0.3, 0.4) is 0 Å². The van der Waals surface area contributed by atoms with E-state index >= 15 is 0 Å². The fourth-order valence-corrected chi connectivity index (χ4v) is 0.795. The van der Waals surface area contributed by atoms with Crippen molar-refractivity contribution in [3.05, 3.63) is 36.9 Å². The van der Waals surface area contributed by atoms with Crippen molar-refractivity contribution in [2.75, 3.05) is 6.54 Å². The van der Waals surface area contributed by atoms with Gasteiger partial charge < -0.3 is 5.32 Å². The fourth-order valence-electron chi connectivity index (χ4n) is 0.795. The minimum Gasteiger partial charge on any atom is -0.350 e. The van der Waals surface area contributed by atoms with Crippen LogP contribution in [0.5, 0.6) is 0 Å². The molecule has 1 heterocycles. The molecule has 0 aliphatic heterocycles. The molecule has 0 saturated heterocycles. The summed E-state index contributed by atoms with van der Waals surface area (Å²) in [4.78, 5) is 18.9. The molecule has 1 N–H and O–H groups in total. The Hall–Kier alpha value is -1.71. The number of nitrogens with one attached hydrogen (secondary N) is 1. The molecule has 0 aliphatic rings. The predicted octanol–water partition coefficient (Wildman–Crippen LogP) is 0.782. The number of nitrogens with zero attached hydrogens (tertiary/aromatic N) is 2. The van der Waals surface area contributed by atoms with Gasteiger partial charge >= 0.3 is 0 Å². The molecule has 0 spiro atoms. The Morgan fingerprint density at radius 3 is 3.08 bits per heavy atom. The molecular formula is C9H11N3O. The third-order valence-electron chi connectivity index (χ3n) is 1.43. The van der Waals surface area contributed by atoms with Crippen molar-refractivity contribution in [2.45, 2.75) is 6.42 Å². The lowest BCUT2D eigenvalue weighted by molar-refractivity contribution is 0.0949. The topological polar surface area (TPSA) is 54.9 Å². The second-order valence-corrected chi connectivity index (χ2v) is 2.42. The quantitative estimate of drug-likeness (QED) is 0.546. The molecule has 68 valence electrons. The Labute approximate surface area is 76.7 Å². The molecule has 4 heteroatoms. The predicted molar refractivity (Wildman–Crippen MR) is 49.2 cm³/mol. The summed E-state index contributed by atoms with van der Waals surface area (Å²) in [6, 6.07) is 0. The minimum atomic E-state index is -0.199. The van der Waals surface area contributed by atoms with E-state index < -0.39 is 0 Å². The molecule has 4 nitrogen and oxygen atoms in total. The second kappa shape index (κ2) is 5.03. The van der Waals surface area contributed by atoms with E-state index in [1.165, 1.54) is 18.6 Å². The van der Waals surface area contributed by atoms with Crippen molar-refractivity contribution >= 4 is 5.91 Å². The summed E-state index contributed by atoms with van der Waals surface area (Å²) in [7, 11) is 0. The van der Waals surface area contributed by atoms with Crippen molar-refractivity contribution in [1.82, 2.24) is 15.3 Å². The number of carbonyl (C=O) groups is 1. The third-order valence-corrected chi connectivity index (χ3v) is 1.43. The number of carbonyl (C=O) groups excluding carboxylic acids is 1. The maximum absolute atomic E-state index is 11.3. The van der Waals surface area contributed by atoms with E-state index in [9.17, 15) is 4.79 Å². The molecule has 0 bridgehead atoms. The molecule has 0 unspecified atom stereocenters. The average molecular weight is 177 g/mol. The van der Waals surface area contributed by atoms with Gasteiger partial charge in [-0.15, -0.1) is 6.58 Å². The highest BCUT2D eigenvalue weighted by Crippen LogP contribution is 1.89. The Morgan fingerprint density at radius 1 is 1.62 bits per heavy atom. The summed E-state index contributed by atoms with van der Waals surface area (Å²) in [5, 5.41) is 2.69. The highest BCUT2D eigenvalue weighted by atomic mass is 16.1. The molecule has 0 atom stereocenters. The van der Waals surface area contributed by atoms with E-state index in [1.807, 2.05) is 0 Å². The zero-order valence-corrected chi connectivity index (χ0v) is 7.23. The lowest BCUT2D eigenvalue weighted by atomic mass is 10.4. The van der Waals surface area contributed by atoms with Crippen LogP contribution in [0.2, 0.25) is 0 Å². The van der Waals surface area contributed by atoms with Crippen molar-refractivity contribution < 1.29 is 4.79 Å². The molecule has 1 amide bonds. The Balaban J connectivity index is 2.45. The van der Waals surface area contributed by atoms with Gasteiger partial charge in [-0.2, -0.15) is 0 Å². The maximum atomic E-state index is 11.3. The SMILES string of the molecule is C=CCCNC(=O)c1cnccn1. The Bertz CT molecular complexity index is 284. The lowest BCUT2D eigenvalue weighted by Gasteiger charge is -2.00. The summed E-state index contributed by atoms with van der Waals surface area (Å²) in [6.07, 6.45) is 6.95. The second-order valence-electron chi connectivity index (χ2n) is 2.42. The van der Waals surface area contributed by atoms with Crippen LogP contribution in [0.4, 0.5) is 0 Å². The van der Waals surface area contributed by atoms with Gasteiger partial charge in [0.15, 0.2) is 0 Å². The van der Waals surface area contributed by atoms with Gasteiger partial charge in [-0.25, -0.2) is 4.98 Å². The van der Waals surface area contributed by atoms with Gasteiger partial charge in [0.1, 0.15) is 5.69 Å². The standard InChI is InChI=1S/C9H11N3O/c1-2-3-4-12-9(13)8-7-10-5-6-11-8/h2,5-7H,1,3-4H2,(H,12,13). The molecule has 0 radical (unpaired) electrons. The van der Waals surface area contributed by atoms with Gasteiger partial charge in [-0.1, -0.05) is 6.08 Å². The van der Waals surface area contributed by atoms with Crippen LogP contribution in [0.1, 0.15) is 16.9 Å². The maximum Gasteiger partial charge on any atom is 0.271 e. The van der Waals surface area contributed by atoms with Gasteiger partial charge in [0.25, 0.3) is 5.91 Å². The van der Waals surface area contributed by atoms with Crippen molar-refractivity contribution in [3.8, 4) is 0 Å². The molecule has 1 aromatic heterocycles. The third kappa shape index (κ3) is 3.02. The van der Waals surface area contributed by atoms with Gasteiger partial charge in [-0.05, 0) is 6.42 Å². The highest BCUT2D eigenvalue weighted by Gasteiger charge is 2.03. The Kier molecular flexibility index (Phi) is 3.63. The summed E-state index contributed by atoms with van der Waals surface area (Å²) in [6.45, 7) is 4.13. The summed E-state index contributed by atoms with van der Waals surface area (Å²) in [5.74, 6) is -0.199. The number of amides is 1. The van der Waals surface area contributed by atoms with Crippen LogP contribution in [-0.2, 0) is 0 Å². The van der Waals surface area contributed by atoms with Crippen LogP contribution in [0, 0.1) is 0 Å². The van der Waals surface area contributed by atoms with Crippen LogP contribution < -0.4 is 5.32 Å². The summed E-state index contributed by atoms with van der Waals surface area (Å²) in [5.41, 5.74) is 0.339. The minimum absolute atomic E-state index is 0.199.